The lowest BCUT2D eigenvalue weighted by molar-refractivity contribution is -0.114. The van der Waals surface area contributed by atoms with Crippen LogP contribution in [-0.4, -0.2) is 27.7 Å². The number of thiocarbonyl (C=S) groups is 1. The Morgan fingerprint density at radius 3 is 2.51 bits per heavy atom. The second-order valence-electron chi connectivity index (χ2n) is 9.59. The summed E-state index contributed by atoms with van der Waals surface area (Å²) in [5.74, 6) is 0.386. The first-order valence-electron chi connectivity index (χ1n) is 12.6. The van der Waals surface area contributed by atoms with Gasteiger partial charge >= 0.3 is 0 Å². The number of nitrogens with zero attached hydrogens (tertiary/aromatic N) is 3. The molecule has 0 unspecified atom stereocenters. The SMILES string of the molecule is COc1ccc(N2C(=S)N[C@H](c3ccccn3)[C@@H]2c2c(C)c(C)n(-c3cccc(Cl)c3)c2C)cc1NC(C)=O. The van der Waals surface area contributed by atoms with Crippen molar-refractivity contribution >= 4 is 46.2 Å². The highest BCUT2D eigenvalue weighted by Crippen LogP contribution is 2.46. The fraction of sp³-hybridized carbons (Fsp3) is 0.233. The van der Waals surface area contributed by atoms with Crippen LogP contribution in [0.1, 0.15) is 47.2 Å². The Hall–Kier alpha value is -3.88. The lowest BCUT2D eigenvalue weighted by Gasteiger charge is -2.29. The largest absolute Gasteiger partial charge is 0.495 e. The highest BCUT2D eigenvalue weighted by molar-refractivity contribution is 7.80. The lowest BCUT2D eigenvalue weighted by Crippen LogP contribution is -2.30. The van der Waals surface area contributed by atoms with Crippen LogP contribution in [0.4, 0.5) is 11.4 Å². The van der Waals surface area contributed by atoms with Crippen molar-refractivity contribution in [3.8, 4) is 11.4 Å². The zero-order valence-corrected chi connectivity index (χ0v) is 24.0. The monoisotopic (exact) mass is 559 g/mol. The zero-order valence-electron chi connectivity index (χ0n) is 22.4. The molecular formula is C30H30ClN5O2S. The number of hydrogen-bond donors (Lipinski definition) is 2. The van der Waals surface area contributed by atoms with Crippen molar-refractivity contribution in [2.75, 3.05) is 17.3 Å². The van der Waals surface area contributed by atoms with Crippen LogP contribution >= 0.6 is 23.8 Å². The number of hydrogen-bond acceptors (Lipinski definition) is 4. The molecule has 39 heavy (non-hydrogen) atoms. The summed E-state index contributed by atoms with van der Waals surface area (Å²) in [6.45, 7) is 7.87. The minimum Gasteiger partial charge on any atom is -0.495 e. The Labute approximate surface area is 238 Å². The smallest absolute Gasteiger partial charge is 0.221 e. The van der Waals surface area contributed by atoms with E-state index in [1.54, 1.807) is 13.3 Å². The van der Waals surface area contributed by atoms with Gasteiger partial charge < -0.3 is 24.8 Å². The van der Waals surface area contributed by atoms with Crippen molar-refractivity contribution in [2.24, 2.45) is 0 Å². The molecule has 200 valence electrons. The molecule has 7 nitrogen and oxygen atoms in total. The maximum Gasteiger partial charge on any atom is 0.221 e. The molecule has 0 radical (unpaired) electrons. The van der Waals surface area contributed by atoms with Gasteiger partial charge in [-0.15, -0.1) is 0 Å². The number of benzene rings is 2. The predicted octanol–water partition coefficient (Wildman–Crippen LogP) is 6.60. The van der Waals surface area contributed by atoms with E-state index in [4.69, 9.17) is 33.5 Å². The number of nitrogens with one attached hydrogen (secondary N) is 2. The zero-order chi connectivity index (χ0) is 27.8. The van der Waals surface area contributed by atoms with Crippen LogP contribution < -0.4 is 20.3 Å². The van der Waals surface area contributed by atoms with Gasteiger partial charge in [-0.1, -0.05) is 23.7 Å². The van der Waals surface area contributed by atoms with Crippen molar-refractivity contribution in [2.45, 2.75) is 39.8 Å². The van der Waals surface area contributed by atoms with E-state index in [9.17, 15) is 4.79 Å². The fourth-order valence-electron chi connectivity index (χ4n) is 5.50. The Bertz CT molecular complexity index is 1570. The van der Waals surface area contributed by atoms with E-state index in [-0.39, 0.29) is 18.0 Å². The van der Waals surface area contributed by atoms with Crippen molar-refractivity contribution in [1.82, 2.24) is 14.9 Å². The van der Waals surface area contributed by atoms with Crippen molar-refractivity contribution < 1.29 is 9.53 Å². The summed E-state index contributed by atoms with van der Waals surface area (Å²) in [5, 5.41) is 7.67. The molecule has 5 rings (SSSR count). The van der Waals surface area contributed by atoms with Gasteiger partial charge in [-0.05, 0) is 87.1 Å². The van der Waals surface area contributed by atoms with Crippen LogP contribution in [0, 0.1) is 20.8 Å². The molecule has 4 aromatic rings. The number of carbonyl (C=O) groups is 1. The Morgan fingerprint density at radius 1 is 1.05 bits per heavy atom. The van der Waals surface area contributed by atoms with Crippen molar-refractivity contribution in [1.29, 1.82) is 0 Å². The summed E-state index contributed by atoms with van der Waals surface area (Å²) < 4.78 is 7.74. The van der Waals surface area contributed by atoms with Crippen LogP contribution in [-0.2, 0) is 4.79 Å². The van der Waals surface area contributed by atoms with E-state index in [2.05, 4.69) is 46.9 Å². The van der Waals surface area contributed by atoms with Crippen LogP contribution in [0.15, 0.2) is 66.9 Å². The molecule has 0 saturated carbocycles. The molecule has 1 amide bonds. The fourth-order valence-corrected chi connectivity index (χ4v) is 6.03. The van der Waals surface area contributed by atoms with Gasteiger partial charge in [0, 0.05) is 46.5 Å². The van der Waals surface area contributed by atoms with Gasteiger partial charge in [0.25, 0.3) is 0 Å². The summed E-state index contributed by atoms with van der Waals surface area (Å²) >= 11 is 12.3. The highest BCUT2D eigenvalue weighted by atomic mass is 35.5. The van der Waals surface area contributed by atoms with Gasteiger partial charge in [-0.25, -0.2) is 0 Å². The number of methoxy groups -OCH3 is 1. The van der Waals surface area contributed by atoms with Crippen LogP contribution in [0.2, 0.25) is 5.02 Å². The second kappa shape index (κ2) is 10.7. The van der Waals surface area contributed by atoms with Crippen LogP contribution in [0.3, 0.4) is 0 Å². The molecule has 1 aliphatic rings. The first kappa shape index (κ1) is 26.7. The minimum absolute atomic E-state index is 0.184. The maximum atomic E-state index is 12.0. The first-order chi connectivity index (χ1) is 18.7. The molecule has 1 aliphatic heterocycles. The molecule has 0 spiro atoms. The van der Waals surface area contributed by atoms with E-state index in [0.29, 0.717) is 21.6 Å². The number of carbonyl (C=O) groups excluding carboxylic acids is 1. The Morgan fingerprint density at radius 2 is 1.85 bits per heavy atom. The van der Waals surface area contributed by atoms with E-state index in [1.807, 2.05) is 54.6 Å². The predicted molar refractivity (Wildman–Crippen MR) is 160 cm³/mol. The third kappa shape index (κ3) is 4.86. The van der Waals surface area contributed by atoms with Gasteiger partial charge in [0.15, 0.2) is 5.11 Å². The average Bonchev–Trinajstić information content (AvgIpc) is 3.36. The molecule has 2 atom stereocenters. The van der Waals surface area contributed by atoms with Gasteiger partial charge in [0.2, 0.25) is 5.91 Å². The van der Waals surface area contributed by atoms with Crippen LogP contribution in [0.25, 0.3) is 5.69 Å². The highest BCUT2D eigenvalue weighted by Gasteiger charge is 2.43. The molecule has 1 saturated heterocycles. The van der Waals surface area contributed by atoms with E-state index >= 15 is 0 Å². The number of halogens is 1. The summed E-state index contributed by atoms with van der Waals surface area (Å²) in [6.07, 6.45) is 1.80. The number of pyridine rings is 1. The van der Waals surface area contributed by atoms with Crippen molar-refractivity contribution in [3.05, 3.63) is 100 Å². The van der Waals surface area contributed by atoms with Gasteiger partial charge in [0.05, 0.1) is 30.6 Å². The summed E-state index contributed by atoms with van der Waals surface area (Å²) in [7, 11) is 1.58. The molecule has 0 bridgehead atoms. The molecule has 2 aromatic carbocycles. The minimum atomic E-state index is -0.217. The molecule has 0 aliphatic carbocycles. The van der Waals surface area contributed by atoms with E-state index < -0.39 is 0 Å². The summed E-state index contributed by atoms with van der Waals surface area (Å²) in [4.78, 5) is 18.7. The molecule has 3 heterocycles. The third-order valence-electron chi connectivity index (χ3n) is 7.24. The average molecular weight is 560 g/mol. The standard InChI is InChI=1S/C30H30ClN5O2S/c1-17-18(2)35(22-10-8-9-21(31)15-22)19(3)27(17)29-28(24-11-6-7-14-32-24)34-30(39)36(29)23-12-13-26(38-5)25(16-23)33-20(4)37/h6-16,28-29H,1-5H3,(H,33,37)(H,34,39)/t28-,29+/m1/s1. The molecule has 1 fully saturated rings. The first-order valence-corrected chi connectivity index (χ1v) is 13.4. The van der Waals surface area contributed by atoms with E-state index in [0.717, 1.165) is 39.6 Å². The summed E-state index contributed by atoms with van der Waals surface area (Å²) in [5.41, 5.74) is 7.80. The lowest BCUT2D eigenvalue weighted by atomic mass is 9.93. The molecule has 2 aromatic heterocycles. The van der Waals surface area contributed by atoms with Gasteiger partial charge in [-0.2, -0.15) is 0 Å². The summed E-state index contributed by atoms with van der Waals surface area (Å²) in [6, 6.07) is 19.0. The topological polar surface area (TPSA) is 71.4 Å². The quantitative estimate of drug-likeness (QED) is 0.259. The number of aromatic nitrogens is 2. The van der Waals surface area contributed by atoms with Gasteiger partial charge in [-0.3, -0.25) is 9.78 Å². The Balaban J connectivity index is 1.72. The number of amides is 1. The van der Waals surface area contributed by atoms with Gasteiger partial charge in [0.1, 0.15) is 5.75 Å². The third-order valence-corrected chi connectivity index (χ3v) is 7.79. The van der Waals surface area contributed by atoms with E-state index in [1.165, 1.54) is 6.92 Å². The number of ether oxygens (including phenoxy) is 1. The number of rotatable bonds is 6. The molecular weight excluding hydrogens is 530 g/mol. The maximum absolute atomic E-state index is 12.0. The molecule has 2 N–H and O–H groups in total. The van der Waals surface area contributed by atoms with Crippen molar-refractivity contribution in [3.63, 3.8) is 0 Å². The Kier molecular flexibility index (Phi) is 7.34. The molecule has 9 heteroatoms. The van der Waals surface area contributed by atoms with Crippen LogP contribution in [0.5, 0.6) is 5.75 Å². The number of anilines is 2. The second-order valence-corrected chi connectivity index (χ2v) is 10.4. The normalized spacial score (nSPS) is 16.8.